The maximum atomic E-state index is 10.9. The van der Waals surface area contributed by atoms with E-state index in [1.807, 2.05) is 0 Å². The summed E-state index contributed by atoms with van der Waals surface area (Å²) in [6.07, 6.45) is 7.50. The third kappa shape index (κ3) is 1.44. The minimum absolute atomic E-state index is 0.587. The van der Waals surface area contributed by atoms with Crippen LogP contribution in [0, 0.1) is 29.6 Å². The molecule has 4 saturated carbocycles. The lowest BCUT2D eigenvalue weighted by Gasteiger charge is -2.53. The predicted octanol–water partition coefficient (Wildman–Crippen LogP) is 2.79. The van der Waals surface area contributed by atoms with Crippen LogP contribution in [0.3, 0.4) is 0 Å². The quantitative estimate of drug-likeness (QED) is 0.716. The van der Waals surface area contributed by atoms with Crippen molar-refractivity contribution in [2.75, 3.05) is 6.16 Å². The van der Waals surface area contributed by atoms with Crippen molar-refractivity contribution in [2.45, 2.75) is 32.1 Å². The van der Waals surface area contributed by atoms with Crippen molar-refractivity contribution < 1.29 is 9.46 Å². The molecule has 4 fully saturated rings. The number of rotatable bonds is 2. The molecule has 14 heavy (non-hydrogen) atoms. The number of hydrogen-bond donors (Lipinski definition) is 1. The van der Waals surface area contributed by atoms with Gasteiger partial charge in [0.15, 0.2) is 6.16 Å². The Morgan fingerprint density at radius 3 is 1.93 bits per heavy atom. The Hall–Kier alpha value is 0.0600. The van der Waals surface area contributed by atoms with Crippen LogP contribution < -0.4 is 0 Å². The maximum Gasteiger partial charge on any atom is 0.505 e. The summed E-state index contributed by atoms with van der Waals surface area (Å²) in [5, 5.41) is 0. The average Bonchev–Trinajstić information content (AvgIpc) is 2.09. The van der Waals surface area contributed by atoms with Gasteiger partial charge in [-0.3, -0.25) is 0 Å². The molecule has 0 aromatic carbocycles. The SMILES string of the molecule is O=[P+](O)CC1C2CC3CC(C2)CC1C3. The van der Waals surface area contributed by atoms with Crippen molar-refractivity contribution in [3.63, 3.8) is 0 Å². The molecule has 2 nitrogen and oxygen atoms in total. The van der Waals surface area contributed by atoms with E-state index >= 15 is 0 Å². The van der Waals surface area contributed by atoms with E-state index in [9.17, 15) is 4.57 Å². The molecule has 4 rings (SSSR count). The van der Waals surface area contributed by atoms with Crippen LogP contribution in [0.2, 0.25) is 0 Å². The summed E-state index contributed by atoms with van der Waals surface area (Å²) in [7, 11) is -1.90. The first kappa shape index (κ1) is 9.30. The molecule has 0 aromatic heterocycles. The summed E-state index contributed by atoms with van der Waals surface area (Å²) in [6.45, 7) is 0. The van der Waals surface area contributed by atoms with Crippen LogP contribution in [0.25, 0.3) is 0 Å². The van der Waals surface area contributed by atoms with Gasteiger partial charge >= 0.3 is 8.03 Å². The highest BCUT2D eigenvalue weighted by atomic mass is 31.1. The molecule has 0 aliphatic heterocycles. The standard InChI is InChI=1S/C11H17O2P/c12-14(13)6-11-9-2-7-1-8(4-9)5-10(11)3-7/h7-11H,1-6H2/p+1. The largest absolute Gasteiger partial charge is 0.505 e. The van der Waals surface area contributed by atoms with E-state index < -0.39 is 8.03 Å². The van der Waals surface area contributed by atoms with Gasteiger partial charge in [-0.2, -0.15) is 4.89 Å². The molecule has 1 atom stereocenters. The lowest BCUT2D eigenvalue weighted by Crippen LogP contribution is -2.45. The Morgan fingerprint density at radius 2 is 1.50 bits per heavy atom. The molecule has 0 aromatic rings. The van der Waals surface area contributed by atoms with E-state index in [2.05, 4.69) is 0 Å². The molecule has 4 aliphatic rings. The van der Waals surface area contributed by atoms with Crippen molar-refractivity contribution in [3.8, 4) is 0 Å². The summed E-state index contributed by atoms with van der Waals surface area (Å²) in [5.74, 6) is 4.15. The fraction of sp³-hybridized carbons (Fsp3) is 1.00. The maximum absolute atomic E-state index is 10.9. The average molecular weight is 213 g/mol. The zero-order valence-electron chi connectivity index (χ0n) is 8.43. The van der Waals surface area contributed by atoms with Crippen molar-refractivity contribution in [1.82, 2.24) is 0 Å². The zero-order chi connectivity index (χ0) is 9.71. The fourth-order valence-electron chi connectivity index (χ4n) is 4.52. The van der Waals surface area contributed by atoms with Crippen molar-refractivity contribution in [3.05, 3.63) is 0 Å². The summed E-state index contributed by atoms with van der Waals surface area (Å²) in [6, 6.07) is 0. The van der Waals surface area contributed by atoms with Crippen LogP contribution in [0.4, 0.5) is 0 Å². The van der Waals surface area contributed by atoms with Gasteiger partial charge in [0.2, 0.25) is 0 Å². The first-order valence-electron chi connectivity index (χ1n) is 5.86. The minimum atomic E-state index is -1.90. The number of hydrogen-bond acceptors (Lipinski definition) is 1. The zero-order valence-corrected chi connectivity index (χ0v) is 9.33. The van der Waals surface area contributed by atoms with Gasteiger partial charge in [-0.25, -0.2) is 0 Å². The van der Waals surface area contributed by atoms with Crippen molar-refractivity contribution in [2.24, 2.45) is 29.6 Å². The second-order valence-electron chi connectivity index (χ2n) is 5.63. The summed E-state index contributed by atoms with van der Waals surface area (Å²) in [4.78, 5) is 9.05. The molecule has 0 amide bonds. The Morgan fingerprint density at radius 1 is 1.00 bits per heavy atom. The molecule has 0 radical (unpaired) electrons. The Kier molecular flexibility index (Phi) is 2.18. The van der Waals surface area contributed by atoms with Gasteiger partial charge in [-0.05, 0) is 60.3 Å². The summed E-state index contributed by atoms with van der Waals surface area (Å²) >= 11 is 0. The van der Waals surface area contributed by atoms with E-state index in [0.29, 0.717) is 12.1 Å². The lowest BCUT2D eigenvalue weighted by atomic mass is 9.52. The van der Waals surface area contributed by atoms with Crippen LogP contribution in [-0.2, 0) is 4.57 Å². The second-order valence-corrected chi connectivity index (χ2v) is 6.70. The van der Waals surface area contributed by atoms with Gasteiger partial charge < -0.3 is 0 Å². The van der Waals surface area contributed by atoms with E-state index in [0.717, 1.165) is 23.7 Å². The smallest absolute Gasteiger partial charge is 0.161 e. The van der Waals surface area contributed by atoms with Crippen LogP contribution >= 0.6 is 8.03 Å². The molecule has 1 N–H and O–H groups in total. The Labute approximate surface area is 86.0 Å². The van der Waals surface area contributed by atoms with E-state index in [1.54, 1.807) is 0 Å². The monoisotopic (exact) mass is 213 g/mol. The van der Waals surface area contributed by atoms with E-state index in [-0.39, 0.29) is 0 Å². The van der Waals surface area contributed by atoms with Crippen molar-refractivity contribution >= 4 is 8.03 Å². The molecular formula is C11H18O2P+. The highest BCUT2D eigenvalue weighted by molar-refractivity contribution is 7.38. The van der Waals surface area contributed by atoms with Crippen LogP contribution in [-0.4, -0.2) is 11.1 Å². The van der Waals surface area contributed by atoms with Crippen LogP contribution in [0.1, 0.15) is 32.1 Å². The van der Waals surface area contributed by atoms with Crippen LogP contribution in [0.5, 0.6) is 0 Å². The first-order valence-corrected chi connectivity index (χ1v) is 7.25. The Balaban J connectivity index is 1.77. The molecular weight excluding hydrogens is 195 g/mol. The third-order valence-electron chi connectivity index (χ3n) is 4.79. The van der Waals surface area contributed by atoms with Crippen molar-refractivity contribution in [1.29, 1.82) is 0 Å². The Bertz CT molecular complexity index is 236. The molecule has 0 heterocycles. The molecule has 4 aliphatic carbocycles. The first-order chi connectivity index (χ1) is 6.72. The van der Waals surface area contributed by atoms with Gasteiger partial charge in [0.05, 0.1) is 0 Å². The minimum Gasteiger partial charge on any atom is -0.161 e. The van der Waals surface area contributed by atoms with Gasteiger partial charge in [0.25, 0.3) is 0 Å². The van der Waals surface area contributed by atoms with E-state index in [1.165, 1.54) is 32.1 Å². The highest BCUT2D eigenvalue weighted by Gasteiger charge is 2.50. The molecule has 3 heteroatoms. The molecule has 4 bridgehead atoms. The molecule has 78 valence electrons. The van der Waals surface area contributed by atoms with Gasteiger partial charge in [-0.15, -0.1) is 0 Å². The topological polar surface area (TPSA) is 37.3 Å². The summed E-state index contributed by atoms with van der Waals surface area (Å²) < 4.78 is 10.9. The normalized spacial score (nSPS) is 50.9. The van der Waals surface area contributed by atoms with E-state index in [4.69, 9.17) is 4.89 Å². The molecule has 1 unspecified atom stereocenters. The van der Waals surface area contributed by atoms with Gasteiger partial charge in [0, 0.05) is 5.92 Å². The molecule has 0 spiro atoms. The lowest BCUT2D eigenvalue weighted by molar-refractivity contribution is -0.0272. The fourth-order valence-corrected chi connectivity index (χ4v) is 5.47. The second kappa shape index (κ2) is 3.28. The molecule has 0 saturated heterocycles. The van der Waals surface area contributed by atoms with Gasteiger partial charge in [0.1, 0.15) is 0 Å². The highest BCUT2D eigenvalue weighted by Crippen LogP contribution is 2.57. The predicted molar refractivity (Wildman–Crippen MR) is 55.2 cm³/mol. The third-order valence-corrected chi connectivity index (χ3v) is 5.52. The van der Waals surface area contributed by atoms with Gasteiger partial charge in [-0.1, -0.05) is 0 Å². The summed E-state index contributed by atoms with van der Waals surface area (Å²) in [5.41, 5.74) is 0. The van der Waals surface area contributed by atoms with Crippen LogP contribution in [0.15, 0.2) is 0 Å².